The Morgan fingerprint density at radius 1 is 1.35 bits per heavy atom. The van der Waals surface area contributed by atoms with E-state index in [1.54, 1.807) is 0 Å². The van der Waals surface area contributed by atoms with Gasteiger partial charge in [0.15, 0.2) is 0 Å². The third-order valence-corrected chi connectivity index (χ3v) is 4.76. The number of nitrogens with two attached hydrogens (primary N) is 1. The van der Waals surface area contributed by atoms with E-state index in [2.05, 4.69) is 12.2 Å². The van der Waals surface area contributed by atoms with Crippen LogP contribution in [0.2, 0.25) is 0 Å². The Morgan fingerprint density at radius 3 is 2.70 bits per heavy atom. The maximum absolute atomic E-state index is 12.6. The van der Waals surface area contributed by atoms with Gasteiger partial charge in [-0.15, -0.1) is 0 Å². The molecule has 20 heavy (non-hydrogen) atoms. The summed E-state index contributed by atoms with van der Waals surface area (Å²) >= 11 is 1.94. The van der Waals surface area contributed by atoms with E-state index in [-0.39, 0.29) is 5.69 Å². The van der Waals surface area contributed by atoms with Crippen molar-refractivity contribution in [1.29, 1.82) is 0 Å². The molecular formula is C14H19F3N2S. The van der Waals surface area contributed by atoms with E-state index in [1.807, 2.05) is 11.8 Å². The lowest BCUT2D eigenvalue weighted by atomic mass is 10.1. The first-order valence-electron chi connectivity index (χ1n) is 6.75. The van der Waals surface area contributed by atoms with Crippen molar-refractivity contribution in [2.24, 2.45) is 0 Å². The molecule has 6 heteroatoms. The first-order chi connectivity index (χ1) is 9.40. The second-order valence-corrected chi connectivity index (χ2v) is 6.61. The molecule has 0 saturated heterocycles. The van der Waals surface area contributed by atoms with E-state index in [4.69, 9.17) is 5.73 Å². The molecule has 0 radical (unpaired) electrons. The Kier molecular flexibility index (Phi) is 4.73. The fourth-order valence-electron chi connectivity index (χ4n) is 2.55. The molecule has 0 heterocycles. The maximum Gasteiger partial charge on any atom is 0.416 e. The van der Waals surface area contributed by atoms with E-state index in [9.17, 15) is 13.2 Å². The number of hydrogen-bond acceptors (Lipinski definition) is 3. The molecule has 2 atom stereocenters. The van der Waals surface area contributed by atoms with Crippen LogP contribution in [-0.4, -0.2) is 17.0 Å². The molecular weight excluding hydrogens is 285 g/mol. The van der Waals surface area contributed by atoms with Crippen LogP contribution in [0.15, 0.2) is 18.2 Å². The van der Waals surface area contributed by atoms with Crippen LogP contribution in [-0.2, 0) is 6.18 Å². The third-order valence-electron chi connectivity index (χ3n) is 3.53. The zero-order valence-corrected chi connectivity index (χ0v) is 12.2. The number of alkyl halides is 3. The van der Waals surface area contributed by atoms with E-state index in [0.717, 1.165) is 37.1 Å². The highest BCUT2D eigenvalue weighted by Gasteiger charge is 2.31. The van der Waals surface area contributed by atoms with Gasteiger partial charge >= 0.3 is 6.18 Å². The van der Waals surface area contributed by atoms with Crippen LogP contribution < -0.4 is 11.1 Å². The van der Waals surface area contributed by atoms with Gasteiger partial charge in [-0.2, -0.15) is 24.9 Å². The number of anilines is 2. The van der Waals surface area contributed by atoms with Gasteiger partial charge in [-0.05, 0) is 43.2 Å². The topological polar surface area (TPSA) is 38.0 Å². The number of thioether (sulfide) groups is 1. The highest BCUT2D eigenvalue weighted by Crippen LogP contribution is 2.35. The van der Waals surface area contributed by atoms with Crippen LogP contribution in [0.4, 0.5) is 24.5 Å². The molecule has 0 spiro atoms. The lowest BCUT2D eigenvalue weighted by Gasteiger charge is -2.17. The molecule has 2 unspecified atom stereocenters. The predicted octanol–water partition coefficient (Wildman–Crippen LogP) is 4.37. The van der Waals surface area contributed by atoms with Crippen molar-refractivity contribution in [1.82, 2.24) is 0 Å². The minimum atomic E-state index is -4.34. The average Bonchev–Trinajstić information content (AvgIpc) is 2.78. The monoisotopic (exact) mass is 304 g/mol. The molecule has 1 aromatic rings. The van der Waals surface area contributed by atoms with Crippen LogP contribution in [0.1, 0.15) is 31.7 Å². The van der Waals surface area contributed by atoms with Crippen LogP contribution in [0, 0.1) is 0 Å². The normalized spacial score (nSPS) is 23.0. The van der Waals surface area contributed by atoms with E-state index >= 15 is 0 Å². The Morgan fingerprint density at radius 2 is 2.10 bits per heavy atom. The summed E-state index contributed by atoms with van der Waals surface area (Å²) in [5.41, 5.74) is 5.78. The van der Waals surface area contributed by atoms with Gasteiger partial charge in [-0.3, -0.25) is 0 Å². The Labute approximate surface area is 121 Å². The summed E-state index contributed by atoms with van der Waals surface area (Å²) in [6.07, 6.45) is -1.11. The van der Waals surface area contributed by atoms with Gasteiger partial charge in [0.1, 0.15) is 0 Å². The number of halogens is 3. The molecule has 1 aliphatic rings. The van der Waals surface area contributed by atoms with Crippen molar-refractivity contribution >= 4 is 23.1 Å². The standard InChI is InChI=1S/C14H19F3N2S/c1-2-20-11-5-4-10(8-11)19-13-6-3-9(7-12(13)18)14(15,16)17/h3,6-7,10-11,19H,2,4-5,8,18H2,1H3. The first kappa shape index (κ1) is 15.4. The summed E-state index contributed by atoms with van der Waals surface area (Å²) in [5.74, 6) is 1.10. The smallest absolute Gasteiger partial charge is 0.397 e. The van der Waals surface area contributed by atoms with Crippen molar-refractivity contribution in [2.75, 3.05) is 16.8 Å². The number of rotatable bonds is 4. The molecule has 2 rings (SSSR count). The Balaban J connectivity index is 2.01. The van der Waals surface area contributed by atoms with Crippen molar-refractivity contribution in [2.45, 2.75) is 43.7 Å². The van der Waals surface area contributed by atoms with Crippen molar-refractivity contribution in [3.05, 3.63) is 23.8 Å². The second kappa shape index (κ2) is 6.16. The average molecular weight is 304 g/mol. The summed E-state index contributed by atoms with van der Waals surface area (Å²) in [7, 11) is 0. The molecule has 112 valence electrons. The summed E-state index contributed by atoms with van der Waals surface area (Å²) in [5, 5.41) is 3.92. The molecule has 0 aromatic heterocycles. The number of hydrogen-bond donors (Lipinski definition) is 2. The van der Waals surface area contributed by atoms with Gasteiger partial charge < -0.3 is 11.1 Å². The zero-order valence-electron chi connectivity index (χ0n) is 11.3. The molecule has 1 aliphatic carbocycles. The lowest BCUT2D eigenvalue weighted by Crippen LogP contribution is -2.17. The van der Waals surface area contributed by atoms with Crippen LogP contribution in [0.3, 0.4) is 0 Å². The minimum Gasteiger partial charge on any atom is -0.397 e. The highest BCUT2D eigenvalue weighted by molar-refractivity contribution is 7.99. The van der Waals surface area contributed by atoms with Gasteiger partial charge in [0, 0.05) is 11.3 Å². The highest BCUT2D eigenvalue weighted by atomic mass is 32.2. The molecule has 0 bridgehead atoms. The second-order valence-electron chi connectivity index (χ2n) is 5.03. The zero-order chi connectivity index (χ0) is 14.8. The van der Waals surface area contributed by atoms with Crippen LogP contribution in [0.25, 0.3) is 0 Å². The maximum atomic E-state index is 12.6. The third kappa shape index (κ3) is 3.75. The lowest BCUT2D eigenvalue weighted by molar-refractivity contribution is -0.137. The SMILES string of the molecule is CCSC1CCC(Nc2ccc(C(F)(F)F)cc2N)C1. The largest absolute Gasteiger partial charge is 0.416 e. The quantitative estimate of drug-likeness (QED) is 0.811. The van der Waals surface area contributed by atoms with E-state index in [0.29, 0.717) is 17.0 Å². The fourth-order valence-corrected chi connectivity index (χ4v) is 3.69. The summed E-state index contributed by atoms with van der Waals surface area (Å²) in [6, 6.07) is 3.80. The first-order valence-corrected chi connectivity index (χ1v) is 7.80. The predicted molar refractivity (Wildman–Crippen MR) is 79.0 cm³/mol. The summed E-state index contributed by atoms with van der Waals surface area (Å²) in [6.45, 7) is 2.14. The van der Waals surface area contributed by atoms with Crippen molar-refractivity contribution < 1.29 is 13.2 Å². The van der Waals surface area contributed by atoms with Gasteiger partial charge in [-0.1, -0.05) is 6.92 Å². The van der Waals surface area contributed by atoms with Crippen LogP contribution >= 0.6 is 11.8 Å². The Bertz CT molecular complexity index is 462. The van der Waals surface area contributed by atoms with Crippen LogP contribution in [0.5, 0.6) is 0 Å². The van der Waals surface area contributed by atoms with Gasteiger partial charge in [0.2, 0.25) is 0 Å². The van der Waals surface area contributed by atoms with Gasteiger partial charge in [0.05, 0.1) is 16.9 Å². The molecule has 1 aromatic carbocycles. The van der Waals surface area contributed by atoms with E-state index < -0.39 is 11.7 Å². The van der Waals surface area contributed by atoms with Gasteiger partial charge in [0.25, 0.3) is 0 Å². The summed E-state index contributed by atoms with van der Waals surface area (Å²) in [4.78, 5) is 0. The number of benzene rings is 1. The van der Waals surface area contributed by atoms with Crippen molar-refractivity contribution in [3.63, 3.8) is 0 Å². The molecule has 0 amide bonds. The van der Waals surface area contributed by atoms with Gasteiger partial charge in [-0.25, -0.2) is 0 Å². The van der Waals surface area contributed by atoms with Crippen molar-refractivity contribution in [3.8, 4) is 0 Å². The molecule has 1 saturated carbocycles. The number of nitrogen functional groups attached to an aromatic ring is 1. The molecule has 2 nitrogen and oxygen atoms in total. The number of nitrogens with one attached hydrogen (secondary N) is 1. The van der Waals surface area contributed by atoms with E-state index in [1.165, 1.54) is 6.07 Å². The summed E-state index contributed by atoms with van der Waals surface area (Å²) < 4.78 is 37.7. The molecule has 1 fully saturated rings. The Hall–Kier alpha value is -1.04. The fraction of sp³-hybridized carbons (Fsp3) is 0.571. The molecule has 3 N–H and O–H groups in total. The molecule has 0 aliphatic heterocycles. The minimum absolute atomic E-state index is 0.159.